The SMILES string of the molecule is CC(C)CCNC(=O)CN1CCCc2c(N)cccc21. The van der Waals surface area contributed by atoms with Crippen LogP contribution < -0.4 is 16.0 Å². The highest BCUT2D eigenvalue weighted by Gasteiger charge is 2.20. The first-order valence-corrected chi connectivity index (χ1v) is 7.47. The number of rotatable bonds is 5. The Hall–Kier alpha value is -1.71. The highest BCUT2D eigenvalue weighted by Crippen LogP contribution is 2.30. The lowest BCUT2D eigenvalue weighted by Gasteiger charge is -2.31. The first-order valence-electron chi connectivity index (χ1n) is 7.47. The maximum atomic E-state index is 12.0. The highest BCUT2D eigenvalue weighted by molar-refractivity contribution is 5.82. The lowest BCUT2D eigenvalue weighted by molar-refractivity contribution is -0.119. The van der Waals surface area contributed by atoms with Gasteiger partial charge in [-0.3, -0.25) is 4.79 Å². The first-order chi connectivity index (χ1) is 9.58. The van der Waals surface area contributed by atoms with Gasteiger partial charge in [0.05, 0.1) is 6.54 Å². The Morgan fingerprint density at radius 1 is 1.45 bits per heavy atom. The number of fused-ring (bicyclic) bond motifs is 1. The first kappa shape index (κ1) is 14.7. The van der Waals surface area contributed by atoms with Crippen molar-refractivity contribution >= 4 is 17.3 Å². The fraction of sp³-hybridized carbons (Fsp3) is 0.562. The lowest BCUT2D eigenvalue weighted by Crippen LogP contribution is -2.40. The second-order valence-corrected chi connectivity index (χ2v) is 5.90. The quantitative estimate of drug-likeness (QED) is 0.810. The van der Waals surface area contributed by atoms with Crippen LogP contribution in [-0.4, -0.2) is 25.5 Å². The molecule has 0 aliphatic carbocycles. The van der Waals surface area contributed by atoms with E-state index >= 15 is 0 Å². The van der Waals surface area contributed by atoms with Gasteiger partial charge in [0.2, 0.25) is 5.91 Å². The van der Waals surface area contributed by atoms with E-state index in [1.165, 1.54) is 5.56 Å². The highest BCUT2D eigenvalue weighted by atomic mass is 16.2. The van der Waals surface area contributed by atoms with Crippen LogP contribution in [0.5, 0.6) is 0 Å². The summed E-state index contributed by atoms with van der Waals surface area (Å²) in [7, 11) is 0. The molecule has 0 atom stereocenters. The van der Waals surface area contributed by atoms with Crippen LogP contribution in [0.3, 0.4) is 0 Å². The van der Waals surface area contributed by atoms with Crippen molar-refractivity contribution in [1.82, 2.24) is 5.32 Å². The zero-order chi connectivity index (χ0) is 14.5. The maximum Gasteiger partial charge on any atom is 0.239 e. The lowest BCUT2D eigenvalue weighted by atomic mass is 10.00. The number of nitrogens with zero attached hydrogens (tertiary/aromatic N) is 1. The number of carbonyl (C=O) groups is 1. The van der Waals surface area contributed by atoms with Gasteiger partial charge >= 0.3 is 0 Å². The minimum Gasteiger partial charge on any atom is -0.398 e. The fourth-order valence-electron chi connectivity index (χ4n) is 2.62. The zero-order valence-corrected chi connectivity index (χ0v) is 12.5. The fourth-order valence-corrected chi connectivity index (χ4v) is 2.62. The Morgan fingerprint density at radius 3 is 3.00 bits per heavy atom. The van der Waals surface area contributed by atoms with Crippen LogP contribution in [0.4, 0.5) is 11.4 Å². The molecule has 1 heterocycles. The summed E-state index contributed by atoms with van der Waals surface area (Å²) in [6.45, 7) is 6.43. The monoisotopic (exact) mass is 275 g/mol. The number of nitrogen functional groups attached to an aromatic ring is 1. The number of carbonyl (C=O) groups excluding carboxylic acids is 1. The van der Waals surface area contributed by atoms with E-state index in [4.69, 9.17) is 5.73 Å². The number of hydrogen-bond acceptors (Lipinski definition) is 3. The van der Waals surface area contributed by atoms with Gasteiger partial charge in [0.1, 0.15) is 0 Å². The van der Waals surface area contributed by atoms with Crippen LogP contribution in [0, 0.1) is 5.92 Å². The number of amides is 1. The topological polar surface area (TPSA) is 58.4 Å². The number of benzene rings is 1. The van der Waals surface area contributed by atoms with E-state index in [9.17, 15) is 4.79 Å². The van der Waals surface area contributed by atoms with Crippen molar-refractivity contribution in [3.63, 3.8) is 0 Å². The summed E-state index contributed by atoms with van der Waals surface area (Å²) < 4.78 is 0. The predicted octanol–water partition coefficient (Wildman–Crippen LogP) is 2.18. The Labute approximate surface area is 121 Å². The van der Waals surface area contributed by atoms with E-state index in [1.54, 1.807) is 0 Å². The van der Waals surface area contributed by atoms with Gasteiger partial charge in [0.15, 0.2) is 0 Å². The molecule has 1 amide bonds. The molecule has 1 aliphatic heterocycles. The van der Waals surface area contributed by atoms with Gasteiger partial charge in [-0.2, -0.15) is 0 Å². The summed E-state index contributed by atoms with van der Waals surface area (Å²) >= 11 is 0. The van der Waals surface area contributed by atoms with E-state index in [0.29, 0.717) is 12.5 Å². The molecule has 110 valence electrons. The molecule has 0 radical (unpaired) electrons. The van der Waals surface area contributed by atoms with E-state index in [0.717, 1.165) is 43.7 Å². The Morgan fingerprint density at radius 2 is 2.25 bits per heavy atom. The Bertz CT molecular complexity index is 471. The van der Waals surface area contributed by atoms with Gasteiger partial charge < -0.3 is 16.0 Å². The van der Waals surface area contributed by atoms with Crippen LogP contribution in [0.25, 0.3) is 0 Å². The van der Waals surface area contributed by atoms with E-state index in [2.05, 4.69) is 30.1 Å². The maximum absolute atomic E-state index is 12.0. The molecule has 0 saturated carbocycles. The van der Waals surface area contributed by atoms with Crippen molar-refractivity contribution in [2.24, 2.45) is 5.92 Å². The minimum atomic E-state index is 0.0981. The van der Waals surface area contributed by atoms with Gasteiger partial charge in [0.25, 0.3) is 0 Å². The van der Waals surface area contributed by atoms with Crippen molar-refractivity contribution in [2.75, 3.05) is 30.3 Å². The van der Waals surface area contributed by atoms with Gasteiger partial charge in [-0.1, -0.05) is 19.9 Å². The van der Waals surface area contributed by atoms with Crippen molar-refractivity contribution in [3.05, 3.63) is 23.8 Å². The number of anilines is 2. The van der Waals surface area contributed by atoms with E-state index in [1.807, 2.05) is 12.1 Å². The van der Waals surface area contributed by atoms with Crippen LogP contribution in [0.2, 0.25) is 0 Å². The molecule has 0 spiro atoms. The van der Waals surface area contributed by atoms with Crippen molar-refractivity contribution in [1.29, 1.82) is 0 Å². The summed E-state index contributed by atoms with van der Waals surface area (Å²) in [5.74, 6) is 0.715. The molecule has 0 fully saturated rings. The number of nitrogens with two attached hydrogens (primary N) is 1. The molecule has 3 N–H and O–H groups in total. The van der Waals surface area contributed by atoms with E-state index in [-0.39, 0.29) is 5.91 Å². The molecule has 0 unspecified atom stereocenters. The molecule has 0 bridgehead atoms. The third-order valence-electron chi connectivity index (χ3n) is 3.76. The van der Waals surface area contributed by atoms with Crippen LogP contribution in [0.1, 0.15) is 32.3 Å². The van der Waals surface area contributed by atoms with Crippen LogP contribution in [0.15, 0.2) is 18.2 Å². The summed E-state index contributed by atoms with van der Waals surface area (Å²) in [4.78, 5) is 14.1. The molecular formula is C16H25N3O. The molecule has 1 aromatic rings. The van der Waals surface area contributed by atoms with Crippen LogP contribution in [-0.2, 0) is 11.2 Å². The predicted molar refractivity (Wildman–Crippen MR) is 83.9 cm³/mol. The average molecular weight is 275 g/mol. The number of hydrogen-bond donors (Lipinski definition) is 2. The van der Waals surface area contributed by atoms with E-state index < -0.39 is 0 Å². The summed E-state index contributed by atoms with van der Waals surface area (Å²) in [5, 5.41) is 2.99. The molecule has 1 aromatic carbocycles. The molecule has 20 heavy (non-hydrogen) atoms. The van der Waals surface area contributed by atoms with Crippen molar-refractivity contribution in [2.45, 2.75) is 33.1 Å². The van der Waals surface area contributed by atoms with Crippen LogP contribution >= 0.6 is 0 Å². The second kappa shape index (κ2) is 6.64. The molecule has 0 saturated heterocycles. The molecule has 1 aliphatic rings. The Kier molecular flexibility index (Phi) is 4.88. The van der Waals surface area contributed by atoms with Gasteiger partial charge in [-0.25, -0.2) is 0 Å². The van der Waals surface area contributed by atoms with Gasteiger partial charge in [-0.15, -0.1) is 0 Å². The molecule has 4 heteroatoms. The van der Waals surface area contributed by atoms with Gasteiger partial charge in [-0.05, 0) is 42.9 Å². The summed E-state index contributed by atoms with van der Waals surface area (Å²) in [6.07, 6.45) is 3.09. The van der Waals surface area contributed by atoms with Crippen molar-refractivity contribution < 1.29 is 4.79 Å². The summed E-state index contributed by atoms with van der Waals surface area (Å²) in [5.41, 5.74) is 9.17. The largest absolute Gasteiger partial charge is 0.398 e. The molecule has 4 nitrogen and oxygen atoms in total. The number of nitrogens with one attached hydrogen (secondary N) is 1. The summed E-state index contributed by atoms with van der Waals surface area (Å²) in [6, 6.07) is 5.96. The minimum absolute atomic E-state index is 0.0981. The molecular weight excluding hydrogens is 250 g/mol. The molecule has 0 aromatic heterocycles. The smallest absolute Gasteiger partial charge is 0.239 e. The Balaban J connectivity index is 1.95. The third kappa shape index (κ3) is 3.65. The zero-order valence-electron chi connectivity index (χ0n) is 12.5. The normalized spacial score (nSPS) is 14.2. The average Bonchev–Trinajstić information content (AvgIpc) is 2.39. The third-order valence-corrected chi connectivity index (χ3v) is 3.76. The van der Waals surface area contributed by atoms with Gasteiger partial charge in [0, 0.05) is 24.5 Å². The van der Waals surface area contributed by atoms with Crippen molar-refractivity contribution in [3.8, 4) is 0 Å². The molecule has 2 rings (SSSR count). The second-order valence-electron chi connectivity index (χ2n) is 5.90. The standard InChI is InChI=1S/C16H25N3O/c1-12(2)8-9-18-16(20)11-19-10-4-5-13-14(17)6-3-7-15(13)19/h3,6-7,12H,4-5,8-11,17H2,1-2H3,(H,18,20).